The zero-order chi connectivity index (χ0) is 12.7. The van der Waals surface area contributed by atoms with Gasteiger partial charge >= 0.3 is 6.09 Å². The van der Waals surface area contributed by atoms with E-state index in [1.807, 2.05) is 12.1 Å². The first-order valence-corrected chi connectivity index (χ1v) is 6.56. The SMILES string of the molecule is O=C(O)N1CCC[C@H]1c1cc(Cl)cc2c1CNC2. The third-order valence-electron chi connectivity index (χ3n) is 3.82. The molecule has 0 bridgehead atoms. The van der Waals surface area contributed by atoms with Gasteiger partial charge in [-0.3, -0.25) is 0 Å². The normalized spacial score (nSPS) is 22.3. The molecule has 0 spiro atoms. The molecule has 1 fully saturated rings. The Morgan fingerprint density at radius 3 is 3.06 bits per heavy atom. The monoisotopic (exact) mass is 266 g/mol. The van der Waals surface area contributed by atoms with Crippen molar-refractivity contribution in [2.45, 2.75) is 32.0 Å². The minimum Gasteiger partial charge on any atom is -0.465 e. The highest BCUT2D eigenvalue weighted by Crippen LogP contribution is 2.37. The summed E-state index contributed by atoms with van der Waals surface area (Å²) >= 11 is 6.14. The van der Waals surface area contributed by atoms with Gasteiger partial charge in [0.2, 0.25) is 0 Å². The Balaban J connectivity index is 2.04. The van der Waals surface area contributed by atoms with Crippen LogP contribution in [0.1, 0.15) is 35.6 Å². The second-order valence-corrected chi connectivity index (χ2v) is 5.31. The Hall–Kier alpha value is -1.26. The zero-order valence-corrected chi connectivity index (χ0v) is 10.7. The van der Waals surface area contributed by atoms with E-state index in [0.717, 1.165) is 31.5 Å². The number of nitrogens with zero attached hydrogens (tertiary/aromatic N) is 1. The third kappa shape index (κ3) is 1.85. The molecule has 0 aliphatic carbocycles. The highest BCUT2D eigenvalue weighted by Gasteiger charge is 2.32. The Kier molecular flexibility index (Phi) is 2.92. The lowest BCUT2D eigenvalue weighted by Crippen LogP contribution is -2.29. The van der Waals surface area contributed by atoms with Crippen LogP contribution in [0.25, 0.3) is 0 Å². The molecule has 1 amide bonds. The van der Waals surface area contributed by atoms with Crippen molar-refractivity contribution in [2.75, 3.05) is 6.54 Å². The van der Waals surface area contributed by atoms with Crippen LogP contribution in [-0.2, 0) is 13.1 Å². The van der Waals surface area contributed by atoms with Crippen LogP contribution in [0.3, 0.4) is 0 Å². The summed E-state index contributed by atoms with van der Waals surface area (Å²) in [7, 11) is 0. The third-order valence-corrected chi connectivity index (χ3v) is 4.03. The number of hydrogen-bond donors (Lipinski definition) is 2. The molecule has 0 radical (unpaired) electrons. The van der Waals surface area contributed by atoms with Gasteiger partial charge in [0, 0.05) is 24.7 Å². The molecule has 4 nitrogen and oxygen atoms in total. The van der Waals surface area contributed by atoms with Crippen LogP contribution in [0.2, 0.25) is 5.02 Å². The molecule has 0 saturated carbocycles. The summed E-state index contributed by atoms with van der Waals surface area (Å²) in [6, 6.07) is 3.87. The van der Waals surface area contributed by atoms with Gasteiger partial charge in [0.05, 0.1) is 6.04 Å². The van der Waals surface area contributed by atoms with Gasteiger partial charge in [-0.2, -0.15) is 0 Å². The van der Waals surface area contributed by atoms with Crippen molar-refractivity contribution >= 4 is 17.7 Å². The van der Waals surface area contributed by atoms with E-state index in [9.17, 15) is 9.90 Å². The van der Waals surface area contributed by atoms with E-state index in [-0.39, 0.29) is 6.04 Å². The summed E-state index contributed by atoms with van der Waals surface area (Å²) < 4.78 is 0. The molecule has 2 N–H and O–H groups in total. The zero-order valence-electron chi connectivity index (χ0n) is 9.95. The number of rotatable bonds is 1. The smallest absolute Gasteiger partial charge is 0.407 e. The van der Waals surface area contributed by atoms with E-state index in [1.54, 1.807) is 0 Å². The van der Waals surface area contributed by atoms with E-state index in [4.69, 9.17) is 11.6 Å². The molecule has 0 aromatic heterocycles. The molecule has 2 heterocycles. The van der Waals surface area contributed by atoms with Crippen molar-refractivity contribution in [2.24, 2.45) is 0 Å². The van der Waals surface area contributed by atoms with Gasteiger partial charge in [0.15, 0.2) is 0 Å². The van der Waals surface area contributed by atoms with Crippen LogP contribution in [0.4, 0.5) is 4.79 Å². The Bertz CT molecular complexity index is 504. The average molecular weight is 267 g/mol. The highest BCUT2D eigenvalue weighted by atomic mass is 35.5. The number of amides is 1. The highest BCUT2D eigenvalue weighted by molar-refractivity contribution is 6.30. The number of likely N-dealkylation sites (tertiary alicyclic amines) is 1. The first-order chi connectivity index (χ1) is 8.66. The van der Waals surface area contributed by atoms with E-state index in [0.29, 0.717) is 11.6 Å². The van der Waals surface area contributed by atoms with Crippen molar-refractivity contribution in [3.63, 3.8) is 0 Å². The largest absolute Gasteiger partial charge is 0.465 e. The first kappa shape index (κ1) is 11.8. The minimum atomic E-state index is -0.836. The first-order valence-electron chi connectivity index (χ1n) is 6.18. The molecule has 5 heteroatoms. The number of nitrogens with one attached hydrogen (secondary N) is 1. The second-order valence-electron chi connectivity index (χ2n) is 4.87. The molecular formula is C13H15ClN2O2. The summed E-state index contributed by atoms with van der Waals surface area (Å²) in [5.74, 6) is 0. The minimum absolute atomic E-state index is 0.0325. The molecule has 1 aromatic carbocycles. The molecule has 3 rings (SSSR count). The number of halogens is 1. The number of carbonyl (C=O) groups is 1. The van der Waals surface area contributed by atoms with Crippen LogP contribution in [0.5, 0.6) is 0 Å². The predicted molar refractivity (Wildman–Crippen MR) is 68.7 cm³/mol. The molecule has 1 atom stereocenters. The summed E-state index contributed by atoms with van der Waals surface area (Å²) in [4.78, 5) is 12.8. The van der Waals surface area contributed by atoms with Crippen LogP contribution in [0.15, 0.2) is 12.1 Å². The van der Waals surface area contributed by atoms with Crippen molar-refractivity contribution in [3.8, 4) is 0 Å². The number of benzene rings is 1. The summed E-state index contributed by atoms with van der Waals surface area (Å²) in [5, 5.41) is 13.2. The van der Waals surface area contributed by atoms with Crippen molar-refractivity contribution < 1.29 is 9.90 Å². The molecule has 96 valence electrons. The predicted octanol–water partition coefficient (Wildman–Crippen LogP) is 2.76. The molecule has 1 saturated heterocycles. The van der Waals surface area contributed by atoms with Gasteiger partial charge in [-0.15, -0.1) is 0 Å². The van der Waals surface area contributed by atoms with Crippen LogP contribution in [0, 0.1) is 0 Å². The van der Waals surface area contributed by atoms with E-state index in [1.165, 1.54) is 16.0 Å². The molecule has 2 aliphatic heterocycles. The Labute approximate surface area is 111 Å². The Morgan fingerprint density at radius 1 is 1.44 bits per heavy atom. The second kappa shape index (κ2) is 4.44. The van der Waals surface area contributed by atoms with Gasteiger partial charge < -0.3 is 15.3 Å². The molecule has 1 aromatic rings. The lowest BCUT2D eigenvalue weighted by Gasteiger charge is -2.24. The average Bonchev–Trinajstić information content (AvgIpc) is 2.95. The standard InChI is InChI=1S/C13H15ClN2O2/c14-9-4-8-6-15-7-11(8)10(5-9)12-2-1-3-16(12)13(17)18/h4-5,12,15H,1-3,6-7H2,(H,17,18)/t12-/m0/s1. The fraction of sp³-hybridized carbons (Fsp3) is 0.462. The quantitative estimate of drug-likeness (QED) is 0.822. The fourth-order valence-electron chi connectivity index (χ4n) is 3.03. The number of fused-ring (bicyclic) bond motifs is 1. The molecule has 18 heavy (non-hydrogen) atoms. The maximum Gasteiger partial charge on any atom is 0.407 e. The van der Waals surface area contributed by atoms with Gasteiger partial charge in [-0.05, 0) is 41.7 Å². The van der Waals surface area contributed by atoms with Gasteiger partial charge in [-0.25, -0.2) is 4.79 Å². The maximum atomic E-state index is 11.2. The van der Waals surface area contributed by atoms with Crippen molar-refractivity contribution in [1.29, 1.82) is 0 Å². The van der Waals surface area contributed by atoms with Crippen molar-refractivity contribution in [1.82, 2.24) is 10.2 Å². The maximum absolute atomic E-state index is 11.2. The summed E-state index contributed by atoms with van der Waals surface area (Å²) in [5.41, 5.74) is 3.52. The molecule has 2 aliphatic rings. The van der Waals surface area contributed by atoms with E-state index < -0.39 is 6.09 Å². The van der Waals surface area contributed by atoms with Gasteiger partial charge in [0.1, 0.15) is 0 Å². The molecule has 0 unspecified atom stereocenters. The van der Waals surface area contributed by atoms with Gasteiger partial charge in [-0.1, -0.05) is 11.6 Å². The van der Waals surface area contributed by atoms with Gasteiger partial charge in [0.25, 0.3) is 0 Å². The van der Waals surface area contributed by atoms with Crippen LogP contribution < -0.4 is 5.32 Å². The van der Waals surface area contributed by atoms with E-state index >= 15 is 0 Å². The molecular weight excluding hydrogens is 252 g/mol. The lowest BCUT2D eigenvalue weighted by molar-refractivity contribution is 0.140. The van der Waals surface area contributed by atoms with Crippen LogP contribution in [-0.4, -0.2) is 22.6 Å². The van der Waals surface area contributed by atoms with E-state index in [2.05, 4.69) is 5.32 Å². The number of hydrogen-bond acceptors (Lipinski definition) is 2. The Morgan fingerprint density at radius 2 is 2.28 bits per heavy atom. The summed E-state index contributed by atoms with van der Waals surface area (Å²) in [6.45, 7) is 2.25. The van der Waals surface area contributed by atoms with Crippen LogP contribution >= 0.6 is 11.6 Å². The topological polar surface area (TPSA) is 52.6 Å². The fourth-order valence-corrected chi connectivity index (χ4v) is 3.28. The van der Waals surface area contributed by atoms with Crippen molar-refractivity contribution in [3.05, 3.63) is 33.8 Å². The number of carboxylic acid groups (broad SMARTS) is 1. The summed E-state index contributed by atoms with van der Waals surface area (Å²) in [6.07, 6.45) is 0.974. The lowest BCUT2D eigenvalue weighted by atomic mass is 9.96.